The average molecular weight is 417 g/mol. The van der Waals surface area contributed by atoms with Crippen molar-refractivity contribution in [2.45, 2.75) is 38.5 Å². The van der Waals surface area contributed by atoms with Crippen molar-refractivity contribution in [1.29, 1.82) is 5.26 Å². The highest BCUT2D eigenvalue weighted by Crippen LogP contribution is 2.52. The lowest BCUT2D eigenvalue weighted by Gasteiger charge is -2.47. The molecule has 0 spiro atoms. The second-order valence-electron chi connectivity index (χ2n) is 7.02. The Kier molecular flexibility index (Phi) is 6.77. The molecule has 1 aromatic rings. The fraction of sp³-hybridized carbons (Fsp3) is 0.500. The molecule has 2 aliphatic heterocycles. The van der Waals surface area contributed by atoms with E-state index in [1.807, 2.05) is 10.8 Å². The zero-order valence-electron chi connectivity index (χ0n) is 16.2. The van der Waals surface area contributed by atoms with E-state index in [9.17, 15) is 14.7 Å². The molecule has 1 saturated heterocycles. The summed E-state index contributed by atoms with van der Waals surface area (Å²) < 4.78 is 7.18. The zero-order valence-corrected chi connectivity index (χ0v) is 17.0. The Bertz CT molecular complexity index is 843. The van der Waals surface area contributed by atoms with Gasteiger partial charge in [0.05, 0.1) is 30.5 Å². The fourth-order valence-electron chi connectivity index (χ4n) is 3.96. The van der Waals surface area contributed by atoms with Crippen LogP contribution in [0.2, 0.25) is 0 Å². The van der Waals surface area contributed by atoms with Crippen molar-refractivity contribution in [3.63, 3.8) is 0 Å². The van der Waals surface area contributed by atoms with Gasteiger partial charge in [-0.1, -0.05) is 12.7 Å². The van der Waals surface area contributed by atoms with Crippen LogP contribution in [0.3, 0.4) is 0 Å². The molecule has 3 rings (SSSR count). The summed E-state index contributed by atoms with van der Waals surface area (Å²) in [6, 6.07) is 1.82. The number of amides is 1. The van der Waals surface area contributed by atoms with Gasteiger partial charge in [-0.15, -0.1) is 11.8 Å². The minimum absolute atomic E-state index is 0.0463. The van der Waals surface area contributed by atoms with Crippen molar-refractivity contribution in [3.05, 3.63) is 42.0 Å². The summed E-state index contributed by atoms with van der Waals surface area (Å²) in [7, 11) is 0. The van der Waals surface area contributed by atoms with Crippen molar-refractivity contribution in [2.75, 3.05) is 12.4 Å². The van der Waals surface area contributed by atoms with E-state index in [0.29, 0.717) is 25.1 Å². The molecular weight excluding hydrogens is 392 g/mol. The highest BCUT2D eigenvalue weighted by Gasteiger charge is 2.61. The molecule has 0 bridgehead atoms. The first-order chi connectivity index (χ1) is 14.0. The second-order valence-corrected chi connectivity index (χ2v) is 8.15. The van der Waals surface area contributed by atoms with Gasteiger partial charge in [0.1, 0.15) is 12.3 Å². The predicted molar refractivity (Wildman–Crippen MR) is 107 cm³/mol. The van der Waals surface area contributed by atoms with Crippen LogP contribution in [0.1, 0.15) is 19.8 Å². The van der Waals surface area contributed by atoms with Crippen LogP contribution in [-0.2, 0) is 20.9 Å². The van der Waals surface area contributed by atoms with Crippen molar-refractivity contribution < 1.29 is 19.4 Å². The number of aliphatic hydroxyl groups is 1. The number of aryl methyl sites for hydroxylation is 1. The molecule has 2 aliphatic rings. The van der Waals surface area contributed by atoms with E-state index in [0.717, 1.165) is 4.91 Å². The Morgan fingerprint density at radius 1 is 1.59 bits per heavy atom. The molecule has 0 aromatic carbocycles. The van der Waals surface area contributed by atoms with Gasteiger partial charge < -0.3 is 19.3 Å². The van der Waals surface area contributed by atoms with Gasteiger partial charge in [-0.05, 0) is 13.3 Å². The highest BCUT2D eigenvalue weighted by atomic mass is 32.2. The normalized spacial score (nSPS) is 24.0. The van der Waals surface area contributed by atoms with E-state index in [-0.39, 0.29) is 30.2 Å². The maximum Gasteiger partial charge on any atom is 0.356 e. The van der Waals surface area contributed by atoms with Crippen molar-refractivity contribution in [3.8, 4) is 6.07 Å². The van der Waals surface area contributed by atoms with Crippen LogP contribution in [0, 0.1) is 23.2 Å². The van der Waals surface area contributed by atoms with E-state index in [4.69, 9.17) is 10.00 Å². The molecule has 8 nitrogen and oxygen atoms in total. The van der Waals surface area contributed by atoms with Gasteiger partial charge in [0.2, 0.25) is 5.91 Å². The molecule has 0 aliphatic carbocycles. The number of aliphatic hydroxyl groups excluding tert-OH is 1. The molecule has 0 saturated carbocycles. The largest absolute Gasteiger partial charge is 0.457 e. The number of aromatic nitrogens is 2. The number of carbonyl (C=O) groups is 2. The van der Waals surface area contributed by atoms with Crippen LogP contribution in [0.5, 0.6) is 0 Å². The molecule has 3 heterocycles. The number of rotatable bonds is 10. The molecule has 29 heavy (non-hydrogen) atoms. The minimum atomic E-state index is -0.812. The lowest BCUT2D eigenvalue weighted by Crippen LogP contribution is -2.64. The number of carbonyl (C=O) groups excluding carboxylic acids is 2. The third kappa shape index (κ3) is 4.09. The van der Waals surface area contributed by atoms with Crippen molar-refractivity contribution in [1.82, 2.24) is 14.5 Å². The van der Waals surface area contributed by atoms with Gasteiger partial charge in [-0.3, -0.25) is 4.79 Å². The van der Waals surface area contributed by atoms with Gasteiger partial charge in [0.15, 0.2) is 0 Å². The topological polar surface area (TPSA) is 108 Å². The number of fused-ring (bicyclic) bond motifs is 1. The molecule has 9 heteroatoms. The Balaban J connectivity index is 1.93. The molecule has 1 fully saturated rings. The number of thioether (sulfide) groups is 1. The Morgan fingerprint density at radius 3 is 3.00 bits per heavy atom. The van der Waals surface area contributed by atoms with Crippen LogP contribution >= 0.6 is 11.8 Å². The fourth-order valence-corrected chi connectivity index (χ4v) is 5.16. The summed E-state index contributed by atoms with van der Waals surface area (Å²) in [5, 5.41) is 19.1. The quantitative estimate of drug-likeness (QED) is 0.268. The van der Waals surface area contributed by atoms with E-state index in [1.54, 1.807) is 19.4 Å². The van der Waals surface area contributed by atoms with Gasteiger partial charge in [0, 0.05) is 41.9 Å². The first kappa shape index (κ1) is 21.1. The van der Waals surface area contributed by atoms with Gasteiger partial charge in [-0.25, -0.2) is 9.78 Å². The third-order valence-corrected chi connectivity index (χ3v) is 6.40. The summed E-state index contributed by atoms with van der Waals surface area (Å²) in [6.45, 7) is 5.86. The summed E-state index contributed by atoms with van der Waals surface area (Å²) in [5.74, 6) is -1.00. The summed E-state index contributed by atoms with van der Waals surface area (Å²) in [6.07, 6.45) is 6.93. The van der Waals surface area contributed by atoms with Gasteiger partial charge in [0.25, 0.3) is 0 Å². The summed E-state index contributed by atoms with van der Waals surface area (Å²) in [5.41, 5.74) is 0.248. The number of β-lactam (4-membered cyclic amide) rings is 1. The monoisotopic (exact) mass is 416 g/mol. The first-order valence-electron chi connectivity index (χ1n) is 9.50. The van der Waals surface area contributed by atoms with Gasteiger partial charge >= 0.3 is 5.97 Å². The van der Waals surface area contributed by atoms with Gasteiger partial charge in [-0.2, -0.15) is 5.26 Å². The number of hydrogen-bond donors (Lipinski definition) is 1. The van der Waals surface area contributed by atoms with E-state index in [2.05, 4.69) is 17.6 Å². The minimum Gasteiger partial charge on any atom is -0.457 e. The maximum atomic E-state index is 12.8. The third-order valence-electron chi connectivity index (χ3n) is 5.19. The molecule has 1 N–H and O–H groups in total. The standard InChI is InChI=1S/C20H24N4O4S/c1-3-10-28-20(27)17-18(29-11-4-6-21)14(5-8-23-9-7-22-12-23)16-15(13(2)25)19(26)24(16)17/h3,7,9,12-16,25H,1,4-5,8,10-11H2,2H3/t13-,14-,15-,16-/m1/s1. The number of hydrogen-bond acceptors (Lipinski definition) is 7. The van der Waals surface area contributed by atoms with Crippen LogP contribution in [-0.4, -0.2) is 55.9 Å². The number of esters is 1. The van der Waals surface area contributed by atoms with Crippen LogP contribution in [0.15, 0.2) is 42.0 Å². The average Bonchev–Trinajstić information content (AvgIpc) is 3.29. The van der Waals surface area contributed by atoms with Crippen LogP contribution in [0.25, 0.3) is 0 Å². The number of ether oxygens (including phenoxy) is 1. The molecule has 154 valence electrons. The predicted octanol–water partition coefficient (Wildman–Crippen LogP) is 1.70. The lowest BCUT2D eigenvalue weighted by atomic mass is 9.77. The SMILES string of the molecule is C=CCOC(=O)C1=C(SCCC#N)[C@H](CCn2ccnc2)[C@@H]2[C@@H]([C@@H](C)O)C(=O)N12. The van der Waals surface area contributed by atoms with E-state index < -0.39 is 18.0 Å². The Labute approximate surface area is 173 Å². The van der Waals surface area contributed by atoms with E-state index >= 15 is 0 Å². The van der Waals surface area contributed by atoms with Crippen LogP contribution in [0.4, 0.5) is 0 Å². The molecule has 1 aromatic heterocycles. The summed E-state index contributed by atoms with van der Waals surface area (Å²) in [4.78, 5) is 31.8. The first-order valence-corrected chi connectivity index (χ1v) is 10.5. The lowest BCUT2D eigenvalue weighted by molar-refractivity contribution is -0.164. The van der Waals surface area contributed by atoms with Crippen molar-refractivity contribution >= 4 is 23.6 Å². The number of nitriles is 1. The smallest absolute Gasteiger partial charge is 0.356 e. The maximum absolute atomic E-state index is 12.8. The Hall–Kier alpha value is -2.57. The highest BCUT2D eigenvalue weighted by molar-refractivity contribution is 8.03. The second kappa shape index (κ2) is 9.29. The Morgan fingerprint density at radius 2 is 2.38 bits per heavy atom. The van der Waals surface area contributed by atoms with E-state index in [1.165, 1.54) is 22.7 Å². The van der Waals surface area contributed by atoms with Crippen molar-refractivity contribution in [2.24, 2.45) is 11.8 Å². The summed E-state index contributed by atoms with van der Waals surface area (Å²) >= 11 is 1.42. The number of imidazole rings is 1. The van der Waals surface area contributed by atoms with Crippen LogP contribution < -0.4 is 0 Å². The molecule has 4 atom stereocenters. The molecular formula is C20H24N4O4S. The molecule has 0 unspecified atom stereocenters. The molecule has 0 radical (unpaired) electrons. The number of nitrogens with zero attached hydrogens (tertiary/aromatic N) is 4. The zero-order chi connectivity index (χ0) is 21.0. The molecule has 1 amide bonds.